The van der Waals surface area contributed by atoms with Crippen LogP contribution in [0.3, 0.4) is 0 Å². The standard InChI is InChI=1S/C28H22N4O8S2/c29-27-31-19-7-5-17(13-21(19)41-27)25(35)39-11-9-37-23(33)15-1-2-16(4-3-15)24(34)38-10-12-40-26(36)18-6-8-20-22(14-18)42-28(30)32-20/h1-8,13-14H,9-12H2,(H2,29,31)(H2,30,32). The van der Waals surface area contributed by atoms with Crippen LogP contribution >= 0.6 is 22.7 Å². The summed E-state index contributed by atoms with van der Waals surface area (Å²) in [5.41, 5.74) is 13.8. The van der Waals surface area contributed by atoms with Crippen molar-refractivity contribution in [1.82, 2.24) is 9.97 Å². The van der Waals surface area contributed by atoms with Gasteiger partial charge in [-0.1, -0.05) is 22.7 Å². The number of fused-ring (bicyclic) bond motifs is 2. The second-order valence-corrected chi connectivity index (χ2v) is 10.7. The molecule has 0 unspecified atom stereocenters. The number of carbonyl (C=O) groups is 4. The molecule has 0 aliphatic carbocycles. The van der Waals surface area contributed by atoms with Gasteiger partial charge >= 0.3 is 23.9 Å². The summed E-state index contributed by atoms with van der Waals surface area (Å²) in [6, 6.07) is 15.4. The number of thiazole rings is 2. The van der Waals surface area contributed by atoms with Crippen LogP contribution in [-0.4, -0.2) is 60.3 Å². The van der Waals surface area contributed by atoms with Gasteiger partial charge in [-0.15, -0.1) is 0 Å². The first kappa shape index (κ1) is 28.4. The van der Waals surface area contributed by atoms with Gasteiger partial charge in [-0.25, -0.2) is 29.1 Å². The first-order valence-corrected chi connectivity index (χ1v) is 14.0. The number of nitrogens with zero attached hydrogens (tertiary/aromatic N) is 2. The van der Waals surface area contributed by atoms with Gasteiger partial charge in [0, 0.05) is 0 Å². The van der Waals surface area contributed by atoms with Crippen molar-refractivity contribution in [3.05, 3.63) is 82.9 Å². The minimum Gasteiger partial charge on any atom is -0.458 e. The molecule has 2 heterocycles. The zero-order valence-electron chi connectivity index (χ0n) is 21.7. The van der Waals surface area contributed by atoms with Gasteiger partial charge < -0.3 is 30.4 Å². The molecule has 42 heavy (non-hydrogen) atoms. The molecule has 0 aliphatic rings. The number of benzene rings is 3. The van der Waals surface area contributed by atoms with Gasteiger partial charge in [0.2, 0.25) is 0 Å². The minimum atomic E-state index is -0.654. The maximum absolute atomic E-state index is 12.3. The Morgan fingerprint density at radius 1 is 0.524 bits per heavy atom. The molecule has 5 rings (SSSR count). The van der Waals surface area contributed by atoms with Crippen molar-refractivity contribution >= 4 is 77.2 Å². The molecule has 0 bridgehead atoms. The van der Waals surface area contributed by atoms with E-state index in [2.05, 4.69) is 9.97 Å². The van der Waals surface area contributed by atoms with E-state index in [-0.39, 0.29) is 37.6 Å². The molecule has 0 saturated heterocycles. The number of anilines is 2. The first-order valence-electron chi connectivity index (χ1n) is 12.4. The molecule has 4 N–H and O–H groups in total. The van der Waals surface area contributed by atoms with Crippen molar-refractivity contribution in [2.45, 2.75) is 0 Å². The number of hydrogen-bond donors (Lipinski definition) is 2. The molecular formula is C28H22N4O8S2. The maximum atomic E-state index is 12.3. The highest BCUT2D eigenvalue weighted by molar-refractivity contribution is 7.22. The fraction of sp³-hybridized carbons (Fsp3) is 0.143. The molecule has 214 valence electrons. The number of rotatable bonds is 10. The lowest BCUT2D eigenvalue weighted by Crippen LogP contribution is -2.15. The van der Waals surface area contributed by atoms with Crippen molar-refractivity contribution in [3.8, 4) is 0 Å². The number of carbonyl (C=O) groups excluding carboxylic acids is 4. The molecule has 0 atom stereocenters. The highest BCUT2D eigenvalue weighted by Gasteiger charge is 2.14. The van der Waals surface area contributed by atoms with Crippen molar-refractivity contribution in [1.29, 1.82) is 0 Å². The summed E-state index contributed by atoms with van der Waals surface area (Å²) in [5.74, 6) is -2.45. The van der Waals surface area contributed by atoms with Gasteiger partial charge in [0.05, 0.1) is 42.7 Å². The van der Waals surface area contributed by atoms with Crippen LogP contribution in [0.1, 0.15) is 41.4 Å². The second kappa shape index (κ2) is 12.6. The van der Waals surface area contributed by atoms with E-state index in [1.54, 1.807) is 36.4 Å². The summed E-state index contributed by atoms with van der Waals surface area (Å²) in [6.45, 7) is -0.599. The summed E-state index contributed by atoms with van der Waals surface area (Å²) in [6.07, 6.45) is 0. The fourth-order valence-corrected chi connectivity index (χ4v) is 5.30. The SMILES string of the molecule is Nc1nc2ccc(C(=O)OCCOC(=O)c3ccc(C(=O)OCCOC(=O)c4ccc5nc(N)sc5c4)cc3)cc2s1. The zero-order chi connectivity index (χ0) is 29.6. The van der Waals surface area contributed by atoms with Crippen molar-refractivity contribution in [2.24, 2.45) is 0 Å². The molecule has 0 fully saturated rings. The number of aromatic nitrogens is 2. The Hall–Kier alpha value is -5.08. The Bertz CT molecular complexity index is 1670. The van der Waals surface area contributed by atoms with E-state index >= 15 is 0 Å². The number of nitrogen functional groups attached to an aromatic ring is 2. The number of nitrogens with two attached hydrogens (primary N) is 2. The van der Waals surface area contributed by atoms with Crippen LogP contribution in [0.5, 0.6) is 0 Å². The molecule has 12 nitrogen and oxygen atoms in total. The van der Waals surface area contributed by atoms with Crippen LogP contribution < -0.4 is 11.5 Å². The third-order valence-electron chi connectivity index (χ3n) is 5.74. The predicted molar refractivity (Wildman–Crippen MR) is 156 cm³/mol. The topological polar surface area (TPSA) is 183 Å². The normalized spacial score (nSPS) is 10.9. The lowest BCUT2D eigenvalue weighted by Gasteiger charge is -2.08. The van der Waals surface area contributed by atoms with E-state index in [0.717, 1.165) is 9.40 Å². The lowest BCUT2D eigenvalue weighted by molar-refractivity contribution is 0.0263. The van der Waals surface area contributed by atoms with Crippen LogP contribution in [0.2, 0.25) is 0 Å². The van der Waals surface area contributed by atoms with Gasteiger partial charge in [0.25, 0.3) is 0 Å². The Balaban J connectivity index is 1.01. The minimum absolute atomic E-state index is 0.142. The molecule has 5 aromatic rings. The quantitative estimate of drug-likeness (QED) is 0.132. The predicted octanol–water partition coefficient (Wildman–Crippen LogP) is 4.10. The summed E-state index contributed by atoms with van der Waals surface area (Å²) >= 11 is 2.52. The second-order valence-electron chi connectivity index (χ2n) is 8.59. The van der Waals surface area contributed by atoms with Crippen molar-refractivity contribution in [2.75, 3.05) is 37.9 Å². The van der Waals surface area contributed by atoms with E-state index in [1.807, 2.05) is 0 Å². The van der Waals surface area contributed by atoms with Crippen LogP contribution in [0.4, 0.5) is 10.3 Å². The van der Waals surface area contributed by atoms with E-state index in [1.165, 1.54) is 46.9 Å². The highest BCUT2D eigenvalue weighted by Crippen LogP contribution is 2.26. The average Bonchev–Trinajstić information content (AvgIpc) is 3.56. The summed E-state index contributed by atoms with van der Waals surface area (Å²) in [7, 11) is 0. The first-order chi connectivity index (χ1) is 20.3. The molecular weight excluding hydrogens is 584 g/mol. The third kappa shape index (κ3) is 6.79. The van der Waals surface area contributed by atoms with Gasteiger partial charge in [0.1, 0.15) is 26.4 Å². The van der Waals surface area contributed by atoms with E-state index in [0.29, 0.717) is 32.4 Å². The lowest BCUT2D eigenvalue weighted by atomic mass is 10.1. The number of ether oxygens (including phenoxy) is 4. The fourth-order valence-electron chi connectivity index (χ4n) is 3.75. The van der Waals surface area contributed by atoms with Crippen LogP contribution in [-0.2, 0) is 18.9 Å². The monoisotopic (exact) mass is 606 g/mol. The summed E-state index contributed by atoms with van der Waals surface area (Å²) < 4.78 is 22.1. The smallest absolute Gasteiger partial charge is 0.338 e. The molecule has 3 aromatic carbocycles. The van der Waals surface area contributed by atoms with E-state index < -0.39 is 23.9 Å². The van der Waals surface area contributed by atoms with Crippen molar-refractivity contribution in [3.63, 3.8) is 0 Å². The van der Waals surface area contributed by atoms with E-state index in [9.17, 15) is 19.2 Å². The third-order valence-corrected chi connectivity index (χ3v) is 7.43. The molecule has 0 saturated carbocycles. The van der Waals surface area contributed by atoms with Crippen molar-refractivity contribution < 1.29 is 38.1 Å². The number of hydrogen-bond acceptors (Lipinski definition) is 14. The van der Waals surface area contributed by atoms with Crippen LogP contribution in [0, 0.1) is 0 Å². The molecule has 0 spiro atoms. The summed E-state index contributed by atoms with van der Waals surface area (Å²) in [5, 5.41) is 0.805. The molecule has 2 aromatic heterocycles. The summed E-state index contributed by atoms with van der Waals surface area (Å²) in [4.78, 5) is 57.4. The Morgan fingerprint density at radius 2 is 0.833 bits per heavy atom. The Labute approximate surface area is 245 Å². The van der Waals surface area contributed by atoms with Crippen LogP contribution in [0.15, 0.2) is 60.7 Å². The average molecular weight is 607 g/mol. The Kier molecular flexibility index (Phi) is 8.55. The van der Waals surface area contributed by atoms with Crippen LogP contribution in [0.25, 0.3) is 20.4 Å². The molecule has 0 radical (unpaired) electrons. The maximum Gasteiger partial charge on any atom is 0.338 e. The van der Waals surface area contributed by atoms with E-state index in [4.69, 9.17) is 30.4 Å². The van der Waals surface area contributed by atoms with Gasteiger partial charge in [-0.05, 0) is 60.7 Å². The zero-order valence-corrected chi connectivity index (χ0v) is 23.4. The largest absolute Gasteiger partial charge is 0.458 e. The molecule has 0 amide bonds. The Morgan fingerprint density at radius 3 is 1.19 bits per heavy atom. The van der Waals surface area contributed by atoms with Gasteiger partial charge in [-0.3, -0.25) is 0 Å². The highest BCUT2D eigenvalue weighted by atomic mass is 32.1. The van der Waals surface area contributed by atoms with Gasteiger partial charge in [0.15, 0.2) is 10.3 Å². The molecule has 0 aliphatic heterocycles. The number of esters is 4. The molecule has 14 heteroatoms. The van der Waals surface area contributed by atoms with Gasteiger partial charge in [-0.2, -0.15) is 0 Å².